The van der Waals surface area contributed by atoms with E-state index in [1.54, 1.807) is 0 Å². The molecule has 2 fully saturated rings. The highest BCUT2D eigenvalue weighted by Gasteiger charge is 2.29. The first-order valence-corrected chi connectivity index (χ1v) is 11.5. The van der Waals surface area contributed by atoms with Gasteiger partial charge in [0.2, 0.25) is 11.8 Å². The van der Waals surface area contributed by atoms with Crippen LogP contribution in [0.4, 0.5) is 0 Å². The molecule has 1 atom stereocenters. The summed E-state index contributed by atoms with van der Waals surface area (Å²) in [6.07, 6.45) is 7.85. The number of likely N-dealkylation sites (tertiary alicyclic amines) is 2. The standard InChI is InChI=1S/C24H34N4O2/c1-18(24(30)25-11-8-20-17-26-22-7-3-2-6-21(20)22)27-14-9-19(10-15-27)16-23(29)28-12-4-5-13-28/h2-3,6-7,17-19,26H,4-5,8-16H2,1H3,(H,25,30). The molecule has 30 heavy (non-hydrogen) atoms. The van der Waals surface area contributed by atoms with E-state index in [-0.39, 0.29) is 11.9 Å². The van der Waals surface area contributed by atoms with Gasteiger partial charge in [-0.15, -0.1) is 0 Å². The minimum atomic E-state index is -0.122. The number of hydrogen-bond acceptors (Lipinski definition) is 3. The van der Waals surface area contributed by atoms with Crippen molar-refractivity contribution in [3.63, 3.8) is 0 Å². The molecule has 6 nitrogen and oxygen atoms in total. The average Bonchev–Trinajstić information content (AvgIpc) is 3.44. The van der Waals surface area contributed by atoms with Gasteiger partial charge in [-0.2, -0.15) is 0 Å². The van der Waals surface area contributed by atoms with Gasteiger partial charge in [-0.3, -0.25) is 14.5 Å². The van der Waals surface area contributed by atoms with E-state index in [0.717, 1.165) is 63.8 Å². The fourth-order valence-corrected chi connectivity index (χ4v) is 4.86. The minimum Gasteiger partial charge on any atom is -0.361 e. The lowest BCUT2D eigenvalue weighted by atomic mass is 9.92. The van der Waals surface area contributed by atoms with Crippen LogP contribution in [0.3, 0.4) is 0 Å². The van der Waals surface area contributed by atoms with Crippen LogP contribution >= 0.6 is 0 Å². The largest absolute Gasteiger partial charge is 0.361 e. The molecule has 0 spiro atoms. The van der Waals surface area contributed by atoms with E-state index in [9.17, 15) is 9.59 Å². The predicted octanol–water partition coefficient (Wildman–Crippen LogP) is 2.94. The molecule has 1 unspecified atom stereocenters. The highest BCUT2D eigenvalue weighted by Crippen LogP contribution is 2.24. The van der Waals surface area contributed by atoms with Crippen LogP contribution in [0.1, 0.15) is 44.6 Å². The number of H-pyrrole nitrogens is 1. The number of hydrogen-bond donors (Lipinski definition) is 2. The molecular weight excluding hydrogens is 376 g/mol. The quantitative estimate of drug-likeness (QED) is 0.737. The number of amides is 2. The molecule has 2 aromatic rings. The van der Waals surface area contributed by atoms with E-state index in [1.165, 1.54) is 10.9 Å². The second-order valence-corrected chi connectivity index (χ2v) is 8.85. The summed E-state index contributed by atoms with van der Waals surface area (Å²) < 4.78 is 0. The van der Waals surface area contributed by atoms with Gasteiger partial charge in [0.25, 0.3) is 0 Å². The first kappa shape index (κ1) is 20.9. The molecule has 0 radical (unpaired) electrons. The Morgan fingerprint density at radius 2 is 1.87 bits per heavy atom. The number of aromatic amines is 1. The molecule has 2 amide bonds. The van der Waals surface area contributed by atoms with Gasteiger partial charge >= 0.3 is 0 Å². The number of nitrogens with zero attached hydrogens (tertiary/aromatic N) is 2. The van der Waals surface area contributed by atoms with Crippen LogP contribution < -0.4 is 5.32 Å². The van der Waals surface area contributed by atoms with E-state index < -0.39 is 0 Å². The summed E-state index contributed by atoms with van der Waals surface area (Å²) in [6.45, 7) is 6.31. The number of nitrogens with one attached hydrogen (secondary N) is 2. The van der Waals surface area contributed by atoms with Gasteiger partial charge in [-0.1, -0.05) is 18.2 Å². The molecular formula is C24H34N4O2. The summed E-state index contributed by atoms with van der Waals surface area (Å²) in [4.78, 5) is 32.6. The zero-order valence-corrected chi connectivity index (χ0v) is 18.0. The number of fused-ring (bicyclic) bond motifs is 1. The molecule has 1 aromatic heterocycles. The van der Waals surface area contributed by atoms with Gasteiger partial charge in [0.05, 0.1) is 6.04 Å². The number of aromatic nitrogens is 1. The number of piperidine rings is 1. The van der Waals surface area contributed by atoms with Gasteiger partial charge in [-0.25, -0.2) is 0 Å². The highest BCUT2D eigenvalue weighted by molar-refractivity contribution is 5.83. The first-order valence-electron chi connectivity index (χ1n) is 11.5. The van der Waals surface area contributed by atoms with E-state index in [1.807, 2.05) is 30.2 Å². The van der Waals surface area contributed by atoms with Gasteiger partial charge in [-0.05, 0) is 69.7 Å². The van der Waals surface area contributed by atoms with Crippen molar-refractivity contribution in [3.05, 3.63) is 36.0 Å². The third-order valence-electron chi connectivity index (χ3n) is 6.87. The van der Waals surface area contributed by atoms with Crippen molar-refractivity contribution in [2.75, 3.05) is 32.7 Å². The Morgan fingerprint density at radius 1 is 1.13 bits per heavy atom. The monoisotopic (exact) mass is 410 g/mol. The summed E-state index contributed by atoms with van der Waals surface area (Å²) in [7, 11) is 0. The first-order chi connectivity index (χ1) is 14.6. The van der Waals surface area contributed by atoms with Crippen LogP contribution in [0.2, 0.25) is 0 Å². The Morgan fingerprint density at radius 3 is 2.63 bits per heavy atom. The van der Waals surface area contributed by atoms with Crippen molar-refractivity contribution in [2.24, 2.45) is 5.92 Å². The van der Waals surface area contributed by atoms with E-state index in [0.29, 0.717) is 24.8 Å². The smallest absolute Gasteiger partial charge is 0.237 e. The maximum absolute atomic E-state index is 12.6. The molecule has 0 aliphatic carbocycles. The summed E-state index contributed by atoms with van der Waals surface area (Å²) in [5.41, 5.74) is 2.38. The topological polar surface area (TPSA) is 68.4 Å². The molecule has 162 valence electrons. The van der Waals surface area contributed by atoms with Gasteiger partial charge in [0.1, 0.15) is 0 Å². The second kappa shape index (κ2) is 9.65. The molecule has 2 aliphatic rings. The lowest BCUT2D eigenvalue weighted by molar-refractivity contribution is -0.132. The zero-order chi connectivity index (χ0) is 20.9. The van der Waals surface area contributed by atoms with Crippen LogP contribution in [-0.4, -0.2) is 65.4 Å². The summed E-state index contributed by atoms with van der Waals surface area (Å²) in [5.74, 6) is 0.891. The van der Waals surface area contributed by atoms with Crippen LogP contribution in [0, 0.1) is 5.92 Å². The highest BCUT2D eigenvalue weighted by atomic mass is 16.2. The molecule has 2 aliphatic heterocycles. The fraction of sp³-hybridized carbons (Fsp3) is 0.583. The molecule has 6 heteroatoms. The number of benzene rings is 1. The molecule has 2 saturated heterocycles. The lowest BCUT2D eigenvalue weighted by Crippen LogP contribution is -2.48. The Hall–Kier alpha value is -2.34. The number of para-hydroxylation sites is 1. The summed E-state index contributed by atoms with van der Waals surface area (Å²) >= 11 is 0. The molecule has 2 N–H and O–H groups in total. The van der Waals surface area contributed by atoms with Gasteiger partial charge in [0.15, 0.2) is 0 Å². The maximum Gasteiger partial charge on any atom is 0.237 e. The summed E-state index contributed by atoms with van der Waals surface area (Å²) in [5, 5.41) is 4.34. The van der Waals surface area contributed by atoms with Crippen molar-refractivity contribution >= 4 is 22.7 Å². The molecule has 0 saturated carbocycles. The van der Waals surface area contributed by atoms with Gasteiger partial charge < -0.3 is 15.2 Å². The van der Waals surface area contributed by atoms with Crippen molar-refractivity contribution in [3.8, 4) is 0 Å². The third kappa shape index (κ3) is 4.86. The van der Waals surface area contributed by atoms with Crippen LogP contribution in [0.25, 0.3) is 10.9 Å². The Balaban J connectivity index is 1.18. The Kier molecular flexibility index (Phi) is 6.72. The lowest BCUT2D eigenvalue weighted by Gasteiger charge is -2.35. The maximum atomic E-state index is 12.6. The molecule has 1 aromatic carbocycles. The van der Waals surface area contributed by atoms with Gasteiger partial charge in [0, 0.05) is 43.2 Å². The second-order valence-electron chi connectivity index (χ2n) is 8.85. The Bertz CT molecular complexity index is 863. The van der Waals surface area contributed by atoms with Crippen molar-refractivity contribution in [1.82, 2.24) is 20.1 Å². The predicted molar refractivity (Wildman–Crippen MR) is 119 cm³/mol. The minimum absolute atomic E-state index is 0.0986. The SMILES string of the molecule is CC(C(=O)NCCc1c[nH]c2ccccc12)N1CCC(CC(=O)N2CCCC2)CC1. The van der Waals surface area contributed by atoms with Crippen LogP contribution in [-0.2, 0) is 16.0 Å². The average molecular weight is 411 g/mol. The zero-order valence-electron chi connectivity index (χ0n) is 18.0. The van der Waals surface area contributed by atoms with Crippen molar-refractivity contribution in [1.29, 1.82) is 0 Å². The number of carbonyl (C=O) groups excluding carboxylic acids is 2. The molecule has 3 heterocycles. The Labute approximate surface area is 179 Å². The molecule has 0 bridgehead atoms. The van der Waals surface area contributed by atoms with E-state index in [2.05, 4.69) is 27.3 Å². The fourth-order valence-electron chi connectivity index (χ4n) is 4.86. The third-order valence-corrected chi connectivity index (χ3v) is 6.87. The van der Waals surface area contributed by atoms with Crippen LogP contribution in [0.15, 0.2) is 30.5 Å². The van der Waals surface area contributed by atoms with Crippen LogP contribution in [0.5, 0.6) is 0 Å². The van der Waals surface area contributed by atoms with E-state index >= 15 is 0 Å². The summed E-state index contributed by atoms with van der Waals surface area (Å²) in [6, 6.07) is 8.13. The molecule has 4 rings (SSSR count). The van der Waals surface area contributed by atoms with Crippen molar-refractivity contribution in [2.45, 2.75) is 51.5 Å². The normalized spacial score (nSPS) is 19.3. The number of carbonyl (C=O) groups is 2. The van der Waals surface area contributed by atoms with Crippen molar-refractivity contribution < 1.29 is 9.59 Å². The van der Waals surface area contributed by atoms with E-state index in [4.69, 9.17) is 0 Å². The number of rotatable bonds is 7.